The van der Waals surface area contributed by atoms with Crippen molar-refractivity contribution in [2.24, 2.45) is 0 Å². The Morgan fingerprint density at radius 3 is 2.96 bits per heavy atom. The van der Waals surface area contributed by atoms with E-state index >= 15 is 0 Å². The average molecular weight is 349 g/mol. The molecule has 1 saturated heterocycles. The summed E-state index contributed by atoms with van der Waals surface area (Å²) in [6.07, 6.45) is 1.39. The van der Waals surface area contributed by atoms with Crippen molar-refractivity contribution >= 4 is 11.9 Å². The quantitative estimate of drug-likeness (QED) is 0.748. The van der Waals surface area contributed by atoms with Gasteiger partial charge in [-0.15, -0.1) is 0 Å². The molecule has 7 heteroatoms. The number of hydrogen-bond donors (Lipinski definition) is 0. The second-order valence-corrected chi connectivity index (χ2v) is 6.04. The Bertz CT molecular complexity index is 632. The standard InChI is InChI=1S/C18H23NO6/c1-2-22-16(20)12-19-8-4-5-13(11-19)25-18(21)14-6-3-7-15-17(14)24-10-9-23-15/h3,6-7,13H,2,4-5,8-12H2,1H3. The normalized spacial score (nSPS) is 20.0. The highest BCUT2D eigenvalue weighted by Gasteiger charge is 2.27. The Kier molecular flexibility index (Phi) is 5.75. The fourth-order valence-corrected chi connectivity index (χ4v) is 3.09. The van der Waals surface area contributed by atoms with Gasteiger partial charge in [0.1, 0.15) is 24.9 Å². The lowest BCUT2D eigenvalue weighted by Gasteiger charge is -2.31. The Morgan fingerprint density at radius 2 is 2.12 bits per heavy atom. The van der Waals surface area contributed by atoms with E-state index in [1.165, 1.54) is 0 Å². The van der Waals surface area contributed by atoms with Gasteiger partial charge in [-0.25, -0.2) is 4.79 Å². The van der Waals surface area contributed by atoms with Crippen molar-refractivity contribution in [1.29, 1.82) is 0 Å². The first-order valence-electron chi connectivity index (χ1n) is 8.65. The molecule has 1 aromatic rings. The molecule has 25 heavy (non-hydrogen) atoms. The highest BCUT2D eigenvalue weighted by atomic mass is 16.6. The Hall–Kier alpha value is -2.28. The van der Waals surface area contributed by atoms with Gasteiger partial charge in [0, 0.05) is 6.54 Å². The van der Waals surface area contributed by atoms with Crippen LogP contribution in [-0.2, 0) is 14.3 Å². The van der Waals surface area contributed by atoms with Crippen LogP contribution in [-0.4, -0.2) is 62.4 Å². The number of fused-ring (bicyclic) bond motifs is 1. The second-order valence-electron chi connectivity index (χ2n) is 6.04. The van der Waals surface area contributed by atoms with Crippen LogP contribution in [0.2, 0.25) is 0 Å². The molecule has 3 rings (SSSR count). The van der Waals surface area contributed by atoms with E-state index in [-0.39, 0.29) is 18.6 Å². The zero-order valence-electron chi connectivity index (χ0n) is 14.4. The zero-order valence-corrected chi connectivity index (χ0v) is 14.4. The summed E-state index contributed by atoms with van der Waals surface area (Å²) < 4.78 is 21.7. The minimum Gasteiger partial charge on any atom is -0.486 e. The summed E-state index contributed by atoms with van der Waals surface area (Å²) in [7, 11) is 0. The van der Waals surface area contributed by atoms with Gasteiger partial charge in [0.25, 0.3) is 0 Å². The molecular weight excluding hydrogens is 326 g/mol. The van der Waals surface area contributed by atoms with E-state index in [0.717, 1.165) is 19.4 Å². The van der Waals surface area contributed by atoms with Gasteiger partial charge in [-0.1, -0.05) is 6.07 Å². The number of esters is 2. The van der Waals surface area contributed by atoms with E-state index in [9.17, 15) is 9.59 Å². The van der Waals surface area contributed by atoms with Gasteiger partial charge in [-0.2, -0.15) is 0 Å². The highest BCUT2D eigenvalue weighted by molar-refractivity contribution is 5.93. The van der Waals surface area contributed by atoms with Crippen LogP contribution >= 0.6 is 0 Å². The van der Waals surface area contributed by atoms with E-state index < -0.39 is 5.97 Å². The summed E-state index contributed by atoms with van der Waals surface area (Å²) in [5.41, 5.74) is 0.375. The second kappa shape index (κ2) is 8.20. The van der Waals surface area contributed by atoms with Gasteiger partial charge >= 0.3 is 11.9 Å². The van der Waals surface area contributed by atoms with Crippen molar-refractivity contribution < 1.29 is 28.5 Å². The van der Waals surface area contributed by atoms with Crippen molar-refractivity contribution in [3.05, 3.63) is 23.8 Å². The van der Waals surface area contributed by atoms with Gasteiger partial charge in [-0.3, -0.25) is 9.69 Å². The number of para-hydroxylation sites is 1. The van der Waals surface area contributed by atoms with Crippen LogP contribution in [0.25, 0.3) is 0 Å². The first-order valence-corrected chi connectivity index (χ1v) is 8.65. The molecule has 0 saturated carbocycles. The lowest BCUT2D eigenvalue weighted by atomic mass is 10.1. The van der Waals surface area contributed by atoms with Crippen molar-refractivity contribution in [3.63, 3.8) is 0 Å². The topological polar surface area (TPSA) is 74.3 Å². The van der Waals surface area contributed by atoms with Crippen LogP contribution < -0.4 is 9.47 Å². The minimum absolute atomic E-state index is 0.222. The number of hydrogen-bond acceptors (Lipinski definition) is 7. The number of rotatable bonds is 5. The summed E-state index contributed by atoms with van der Waals surface area (Å²) in [6, 6.07) is 5.19. The third-order valence-corrected chi connectivity index (χ3v) is 4.18. The first kappa shape index (κ1) is 17.5. The van der Waals surface area contributed by atoms with Crippen molar-refractivity contribution in [2.75, 3.05) is 39.5 Å². The number of nitrogens with zero attached hydrogens (tertiary/aromatic N) is 1. The monoisotopic (exact) mass is 349 g/mol. The van der Waals surface area contributed by atoms with E-state index in [1.807, 2.05) is 4.90 Å². The molecule has 7 nitrogen and oxygen atoms in total. The van der Waals surface area contributed by atoms with Crippen molar-refractivity contribution in [2.45, 2.75) is 25.9 Å². The van der Waals surface area contributed by atoms with Crippen LogP contribution in [0.15, 0.2) is 18.2 Å². The Balaban J connectivity index is 1.60. The van der Waals surface area contributed by atoms with E-state index in [1.54, 1.807) is 25.1 Å². The van der Waals surface area contributed by atoms with Crippen LogP contribution in [0.3, 0.4) is 0 Å². The zero-order chi connectivity index (χ0) is 17.6. The van der Waals surface area contributed by atoms with Crippen LogP contribution in [0.1, 0.15) is 30.1 Å². The third-order valence-electron chi connectivity index (χ3n) is 4.18. The molecule has 2 aliphatic heterocycles. The predicted octanol–water partition coefficient (Wildman–Crippen LogP) is 1.64. The first-order chi connectivity index (χ1) is 12.2. The summed E-state index contributed by atoms with van der Waals surface area (Å²) in [6.45, 7) is 4.57. The van der Waals surface area contributed by atoms with Gasteiger partial charge < -0.3 is 18.9 Å². The van der Waals surface area contributed by atoms with Gasteiger partial charge in [-0.05, 0) is 38.4 Å². The highest BCUT2D eigenvalue weighted by Crippen LogP contribution is 2.34. The molecule has 1 atom stereocenters. The summed E-state index contributed by atoms with van der Waals surface area (Å²) in [5, 5.41) is 0. The summed E-state index contributed by atoms with van der Waals surface area (Å²) in [5.74, 6) is 0.328. The smallest absolute Gasteiger partial charge is 0.342 e. The number of benzene rings is 1. The van der Waals surface area contributed by atoms with Crippen LogP contribution in [0.4, 0.5) is 0 Å². The van der Waals surface area contributed by atoms with Gasteiger partial charge in [0.05, 0.1) is 13.2 Å². The molecule has 0 aliphatic carbocycles. The summed E-state index contributed by atoms with van der Waals surface area (Å²) in [4.78, 5) is 26.1. The van der Waals surface area contributed by atoms with Gasteiger partial charge in [0.2, 0.25) is 0 Å². The maximum absolute atomic E-state index is 12.5. The molecule has 0 radical (unpaired) electrons. The molecule has 1 unspecified atom stereocenters. The fourth-order valence-electron chi connectivity index (χ4n) is 3.09. The molecule has 0 bridgehead atoms. The molecule has 2 heterocycles. The fraction of sp³-hybridized carbons (Fsp3) is 0.556. The number of carbonyl (C=O) groups excluding carboxylic acids is 2. The molecule has 0 aromatic heterocycles. The maximum atomic E-state index is 12.5. The maximum Gasteiger partial charge on any atom is 0.342 e. The molecule has 2 aliphatic rings. The molecule has 1 aromatic carbocycles. The molecular formula is C18H23NO6. The number of ether oxygens (including phenoxy) is 4. The number of likely N-dealkylation sites (tertiary alicyclic amines) is 1. The van der Waals surface area contributed by atoms with Crippen LogP contribution in [0, 0.1) is 0 Å². The van der Waals surface area contributed by atoms with E-state index in [0.29, 0.717) is 43.4 Å². The molecule has 0 spiro atoms. The number of carbonyl (C=O) groups is 2. The lowest BCUT2D eigenvalue weighted by molar-refractivity contribution is -0.145. The lowest BCUT2D eigenvalue weighted by Crippen LogP contribution is -2.43. The van der Waals surface area contributed by atoms with E-state index in [4.69, 9.17) is 18.9 Å². The molecule has 0 N–H and O–H groups in total. The van der Waals surface area contributed by atoms with E-state index in [2.05, 4.69) is 0 Å². The Labute approximate surface area is 146 Å². The largest absolute Gasteiger partial charge is 0.486 e. The average Bonchev–Trinajstić information content (AvgIpc) is 2.61. The summed E-state index contributed by atoms with van der Waals surface area (Å²) >= 11 is 0. The number of piperidine rings is 1. The molecule has 1 fully saturated rings. The minimum atomic E-state index is -0.426. The SMILES string of the molecule is CCOC(=O)CN1CCCC(OC(=O)c2cccc3c2OCCO3)C1. The molecule has 0 amide bonds. The van der Waals surface area contributed by atoms with Crippen molar-refractivity contribution in [1.82, 2.24) is 4.90 Å². The van der Waals surface area contributed by atoms with Crippen molar-refractivity contribution in [3.8, 4) is 11.5 Å². The third kappa shape index (κ3) is 4.42. The van der Waals surface area contributed by atoms with Crippen LogP contribution in [0.5, 0.6) is 11.5 Å². The predicted molar refractivity (Wildman–Crippen MR) is 88.9 cm³/mol. The Morgan fingerprint density at radius 1 is 1.28 bits per heavy atom. The molecule has 136 valence electrons. The van der Waals surface area contributed by atoms with Gasteiger partial charge in [0.15, 0.2) is 11.5 Å².